The van der Waals surface area contributed by atoms with Gasteiger partial charge in [0.1, 0.15) is 0 Å². The van der Waals surface area contributed by atoms with Gasteiger partial charge in [0.15, 0.2) is 0 Å². The summed E-state index contributed by atoms with van der Waals surface area (Å²) in [5.41, 5.74) is 0.0298. The van der Waals surface area contributed by atoms with E-state index in [-0.39, 0.29) is 11.5 Å². The maximum absolute atomic E-state index is 11.4. The molecule has 1 aliphatic rings. The van der Waals surface area contributed by atoms with Gasteiger partial charge in [-0.05, 0) is 26.2 Å². The van der Waals surface area contributed by atoms with E-state index in [2.05, 4.69) is 19.2 Å². The van der Waals surface area contributed by atoms with E-state index in [9.17, 15) is 4.79 Å². The van der Waals surface area contributed by atoms with Crippen molar-refractivity contribution in [2.75, 3.05) is 26.4 Å². The molecule has 16 heavy (non-hydrogen) atoms. The van der Waals surface area contributed by atoms with Gasteiger partial charge in [-0.3, -0.25) is 4.79 Å². The van der Waals surface area contributed by atoms with Crippen LogP contribution in [0.25, 0.3) is 0 Å². The van der Waals surface area contributed by atoms with Crippen LogP contribution in [0.15, 0.2) is 0 Å². The first kappa shape index (κ1) is 13.5. The molecule has 0 atom stereocenters. The largest absolute Gasteiger partial charge is 0.465 e. The average molecular weight is 229 g/mol. The van der Waals surface area contributed by atoms with Crippen LogP contribution in [0.5, 0.6) is 0 Å². The first-order valence-corrected chi connectivity index (χ1v) is 6.15. The Morgan fingerprint density at radius 2 is 2.12 bits per heavy atom. The summed E-state index contributed by atoms with van der Waals surface area (Å²) in [5, 5.41) is 3.27. The predicted octanol–water partition coefficient (Wildman–Crippen LogP) is 1.49. The second kappa shape index (κ2) is 6.86. The molecule has 1 saturated heterocycles. The van der Waals surface area contributed by atoms with Crippen LogP contribution in [-0.4, -0.2) is 37.9 Å². The van der Waals surface area contributed by atoms with Crippen LogP contribution in [0, 0.1) is 0 Å². The lowest BCUT2D eigenvalue weighted by Crippen LogP contribution is -2.48. The Labute approximate surface area is 97.7 Å². The minimum absolute atomic E-state index is 0.0298. The molecule has 1 N–H and O–H groups in total. The zero-order valence-corrected chi connectivity index (χ0v) is 10.4. The lowest BCUT2D eigenvalue weighted by atomic mass is 9.92. The van der Waals surface area contributed by atoms with E-state index in [0.717, 1.165) is 38.9 Å². The highest BCUT2D eigenvalue weighted by molar-refractivity contribution is 5.71. The fourth-order valence-corrected chi connectivity index (χ4v) is 1.67. The molecule has 0 aromatic rings. The van der Waals surface area contributed by atoms with E-state index in [0.29, 0.717) is 13.2 Å². The summed E-state index contributed by atoms with van der Waals surface area (Å²) < 4.78 is 10.4. The summed E-state index contributed by atoms with van der Waals surface area (Å²) in [6.07, 6.45) is 3.90. The maximum atomic E-state index is 11.4. The first-order chi connectivity index (χ1) is 7.66. The van der Waals surface area contributed by atoms with Crippen molar-refractivity contribution in [1.82, 2.24) is 5.32 Å². The van der Waals surface area contributed by atoms with Gasteiger partial charge in [-0.1, -0.05) is 13.3 Å². The smallest absolute Gasteiger partial charge is 0.319 e. The summed E-state index contributed by atoms with van der Waals surface area (Å²) in [7, 11) is 0. The van der Waals surface area contributed by atoms with Crippen molar-refractivity contribution in [2.45, 2.75) is 45.1 Å². The van der Waals surface area contributed by atoms with Crippen LogP contribution in [0.4, 0.5) is 0 Å². The van der Waals surface area contributed by atoms with Crippen molar-refractivity contribution in [3.05, 3.63) is 0 Å². The summed E-state index contributed by atoms with van der Waals surface area (Å²) in [6.45, 7) is 6.60. The molecule has 0 radical (unpaired) electrons. The van der Waals surface area contributed by atoms with Gasteiger partial charge in [0.05, 0.1) is 13.2 Å². The maximum Gasteiger partial charge on any atom is 0.319 e. The number of nitrogens with one attached hydrogen (secondary N) is 1. The summed E-state index contributed by atoms with van der Waals surface area (Å²) in [6, 6.07) is 0. The van der Waals surface area contributed by atoms with Crippen molar-refractivity contribution in [2.24, 2.45) is 0 Å². The number of esters is 1. The second-order valence-electron chi connectivity index (χ2n) is 4.60. The normalized spacial score (nSPS) is 19.4. The van der Waals surface area contributed by atoms with Crippen LogP contribution in [-0.2, 0) is 14.3 Å². The zero-order valence-electron chi connectivity index (χ0n) is 10.4. The highest BCUT2D eigenvalue weighted by Crippen LogP contribution is 2.19. The molecule has 0 aliphatic carbocycles. The van der Waals surface area contributed by atoms with Gasteiger partial charge in [-0.25, -0.2) is 0 Å². The molecule has 0 amide bonds. The van der Waals surface area contributed by atoms with E-state index in [1.54, 1.807) is 0 Å². The van der Waals surface area contributed by atoms with Crippen LogP contribution in [0.3, 0.4) is 0 Å². The van der Waals surface area contributed by atoms with Gasteiger partial charge in [-0.2, -0.15) is 0 Å². The number of carbonyl (C=O) groups is 1. The van der Waals surface area contributed by atoms with E-state index in [4.69, 9.17) is 9.47 Å². The lowest BCUT2D eigenvalue weighted by molar-refractivity contribution is -0.143. The third-order valence-electron chi connectivity index (χ3n) is 3.02. The Bertz CT molecular complexity index is 212. The van der Waals surface area contributed by atoms with Gasteiger partial charge >= 0.3 is 5.97 Å². The molecule has 1 aliphatic heterocycles. The van der Waals surface area contributed by atoms with E-state index >= 15 is 0 Å². The SMILES string of the molecule is CCCCOC(=O)CNC1(C)CCOCC1. The Kier molecular flexibility index (Phi) is 5.77. The van der Waals surface area contributed by atoms with Crippen molar-refractivity contribution >= 4 is 5.97 Å². The summed E-state index contributed by atoms with van der Waals surface area (Å²) in [5.74, 6) is -0.152. The Morgan fingerprint density at radius 3 is 2.75 bits per heavy atom. The van der Waals surface area contributed by atoms with Gasteiger partial charge in [0.25, 0.3) is 0 Å². The number of unbranched alkanes of at least 4 members (excludes halogenated alkanes) is 1. The molecule has 0 aromatic heterocycles. The first-order valence-electron chi connectivity index (χ1n) is 6.15. The molecular weight excluding hydrogens is 206 g/mol. The lowest BCUT2D eigenvalue weighted by Gasteiger charge is -2.34. The zero-order chi connectivity index (χ0) is 11.9. The third-order valence-corrected chi connectivity index (χ3v) is 3.02. The molecule has 0 unspecified atom stereocenters. The molecule has 0 bridgehead atoms. The van der Waals surface area contributed by atoms with Gasteiger partial charge in [0.2, 0.25) is 0 Å². The fourth-order valence-electron chi connectivity index (χ4n) is 1.67. The molecule has 4 heteroatoms. The monoisotopic (exact) mass is 229 g/mol. The highest BCUT2D eigenvalue weighted by atomic mass is 16.5. The van der Waals surface area contributed by atoms with Crippen molar-refractivity contribution < 1.29 is 14.3 Å². The molecular formula is C12H23NO3. The quantitative estimate of drug-likeness (QED) is 0.554. The Balaban J connectivity index is 2.14. The van der Waals surface area contributed by atoms with Gasteiger partial charge in [0, 0.05) is 18.8 Å². The minimum Gasteiger partial charge on any atom is -0.465 e. The topological polar surface area (TPSA) is 47.6 Å². The molecule has 1 heterocycles. The van der Waals surface area contributed by atoms with Gasteiger partial charge in [-0.15, -0.1) is 0 Å². The second-order valence-corrected chi connectivity index (χ2v) is 4.60. The Hall–Kier alpha value is -0.610. The molecule has 94 valence electrons. The number of hydrogen-bond acceptors (Lipinski definition) is 4. The predicted molar refractivity (Wildman–Crippen MR) is 62.3 cm³/mol. The molecule has 0 aromatic carbocycles. The number of hydrogen-bond donors (Lipinski definition) is 1. The molecule has 4 nitrogen and oxygen atoms in total. The number of carbonyl (C=O) groups excluding carboxylic acids is 1. The standard InChI is InChI=1S/C12H23NO3/c1-3-4-7-16-11(14)10-13-12(2)5-8-15-9-6-12/h13H,3-10H2,1-2H3. The molecule has 1 fully saturated rings. The fraction of sp³-hybridized carbons (Fsp3) is 0.917. The van der Waals surface area contributed by atoms with Crippen LogP contribution < -0.4 is 5.32 Å². The highest BCUT2D eigenvalue weighted by Gasteiger charge is 2.27. The van der Waals surface area contributed by atoms with Crippen molar-refractivity contribution in [3.8, 4) is 0 Å². The van der Waals surface area contributed by atoms with Crippen molar-refractivity contribution in [3.63, 3.8) is 0 Å². The molecule has 0 saturated carbocycles. The third kappa shape index (κ3) is 4.94. The van der Waals surface area contributed by atoms with Crippen molar-refractivity contribution in [1.29, 1.82) is 0 Å². The summed E-state index contributed by atoms with van der Waals surface area (Å²) in [4.78, 5) is 11.4. The molecule has 0 spiro atoms. The number of ether oxygens (including phenoxy) is 2. The van der Waals surface area contributed by atoms with Crippen LogP contribution >= 0.6 is 0 Å². The number of rotatable bonds is 6. The van der Waals surface area contributed by atoms with E-state index in [1.165, 1.54) is 0 Å². The molecule has 1 rings (SSSR count). The minimum atomic E-state index is -0.152. The van der Waals surface area contributed by atoms with Gasteiger partial charge < -0.3 is 14.8 Å². The van der Waals surface area contributed by atoms with Crippen LogP contribution in [0.2, 0.25) is 0 Å². The average Bonchev–Trinajstić information content (AvgIpc) is 2.28. The summed E-state index contributed by atoms with van der Waals surface area (Å²) >= 11 is 0. The van der Waals surface area contributed by atoms with E-state index < -0.39 is 0 Å². The Morgan fingerprint density at radius 1 is 1.44 bits per heavy atom. The van der Waals surface area contributed by atoms with Crippen LogP contribution in [0.1, 0.15) is 39.5 Å². The van der Waals surface area contributed by atoms with E-state index in [1.807, 2.05) is 0 Å².